The third-order valence-corrected chi connectivity index (χ3v) is 1.71. The second-order valence-electron chi connectivity index (χ2n) is 2.65. The van der Waals surface area contributed by atoms with E-state index in [1.165, 1.54) is 0 Å². The minimum atomic E-state index is 0.367. The highest BCUT2D eigenvalue weighted by molar-refractivity contribution is 6.25. The van der Waals surface area contributed by atoms with Crippen LogP contribution >= 0.6 is 11.6 Å². The molecule has 2 heteroatoms. The lowest BCUT2D eigenvalue weighted by molar-refractivity contribution is 0.589. The highest BCUT2D eigenvalue weighted by Gasteiger charge is 1.97. The van der Waals surface area contributed by atoms with Crippen LogP contribution in [-0.2, 0) is 0 Å². The van der Waals surface area contributed by atoms with Crippen molar-refractivity contribution in [2.75, 3.05) is 6.54 Å². The van der Waals surface area contributed by atoms with E-state index < -0.39 is 0 Å². The Labute approximate surface area is 73.8 Å². The van der Waals surface area contributed by atoms with Crippen molar-refractivity contribution in [2.45, 2.75) is 26.3 Å². The van der Waals surface area contributed by atoms with Crippen LogP contribution in [0, 0.1) is 12.3 Å². The van der Waals surface area contributed by atoms with Gasteiger partial charge >= 0.3 is 0 Å². The third kappa shape index (κ3) is 5.97. The summed E-state index contributed by atoms with van der Waals surface area (Å²) in [5.74, 6) is 2.59. The molecule has 0 spiro atoms. The van der Waals surface area contributed by atoms with Crippen LogP contribution in [0.15, 0.2) is 11.1 Å². The van der Waals surface area contributed by atoms with E-state index in [0.717, 1.165) is 18.5 Å². The fourth-order valence-corrected chi connectivity index (χ4v) is 0.700. The van der Waals surface area contributed by atoms with Gasteiger partial charge in [0.1, 0.15) is 0 Å². The molecule has 0 saturated carbocycles. The Balaban J connectivity index is 3.47. The normalized spacial score (nSPS) is 14.2. The van der Waals surface area contributed by atoms with Crippen molar-refractivity contribution in [3.8, 4) is 12.3 Å². The number of hydrogen-bond acceptors (Lipinski definition) is 1. The Morgan fingerprint density at radius 3 is 2.91 bits per heavy atom. The van der Waals surface area contributed by atoms with Gasteiger partial charge in [0.2, 0.25) is 0 Å². The maximum atomic E-state index is 5.47. The minimum absolute atomic E-state index is 0.367. The number of hydrogen-bond donors (Lipinski definition) is 1. The summed E-state index contributed by atoms with van der Waals surface area (Å²) in [6.07, 6.45) is 5.90. The van der Waals surface area contributed by atoms with Gasteiger partial charge in [-0.15, -0.1) is 12.3 Å². The van der Waals surface area contributed by atoms with Crippen molar-refractivity contribution in [1.29, 1.82) is 0 Å². The highest BCUT2D eigenvalue weighted by Crippen LogP contribution is 1.94. The molecule has 0 amide bonds. The molecule has 0 aromatic heterocycles. The first-order chi connectivity index (χ1) is 5.20. The van der Waals surface area contributed by atoms with Crippen LogP contribution in [0.25, 0.3) is 0 Å². The lowest BCUT2D eigenvalue weighted by atomic mass is 10.2. The lowest BCUT2D eigenvalue weighted by Crippen LogP contribution is -2.26. The molecule has 1 atom stereocenters. The molecule has 1 N–H and O–H groups in total. The molecule has 0 rings (SSSR count). The number of rotatable bonds is 4. The van der Waals surface area contributed by atoms with Gasteiger partial charge in [-0.25, -0.2) is 0 Å². The summed E-state index contributed by atoms with van der Waals surface area (Å²) in [5.41, 5.74) is 2.70. The molecule has 0 aromatic rings. The Bertz CT molecular complexity index is 167. The SMILES string of the molecule is C#CCC(C)NCC(C)=CCl. The Morgan fingerprint density at radius 2 is 2.45 bits per heavy atom. The van der Waals surface area contributed by atoms with Crippen molar-refractivity contribution >= 4 is 11.6 Å². The first-order valence-electron chi connectivity index (χ1n) is 3.63. The molecule has 0 heterocycles. The molecular weight excluding hydrogens is 158 g/mol. The average molecular weight is 172 g/mol. The number of halogens is 1. The van der Waals surface area contributed by atoms with E-state index in [1.807, 2.05) is 6.92 Å². The fraction of sp³-hybridized carbons (Fsp3) is 0.556. The Kier molecular flexibility index (Phi) is 6.02. The van der Waals surface area contributed by atoms with Crippen LogP contribution in [0.2, 0.25) is 0 Å². The molecule has 11 heavy (non-hydrogen) atoms. The van der Waals surface area contributed by atoms with Crippen molar-refractivity contribution in [3.05, 3.63) is 11.1 Å². The fourth-order valence-electron chi connectivity index (χ4n) is 0.623. The summed E-state index contributed by atoms with van der Waals surface area (Å²) in [6, 6.07) is 0.367. The van der Waals surface area contributed by atoms with Gasteiger partial charge in [0.25, 0.3) is 0 Å². The third-order valence-electron chi connectivity index (χ3n) is 1.34. The second-order valence-corrected chi connectivity index (χ2v) is 2.86. The number of nitrogens with one attached hydrogen (secondary N) is 1. The van der Waals surface area contributed by atoms with Crippen LogP contribution in [0.4, 0.5) is 0 Å². The largest absolute Gasteiger partial charge is 0.310 e. The van der Waals surface area contributed by atoms with Crippen LogP contribution in [-0.4, -0.2) is 12.6 Å². The maximum absolute atomic E-state index is 5.47. The quantitative estimate of drug-likeness (QED) is 0.640. The molecule has 0 aliphatic heterocycles. The van der Waals surface area contributed by atoms with E-state index in [-0.39, 0.29) is 0 Å². The molecule has 0 bridgehead atoms. The summed E-state index contributed by atoms with van der Waals surface area (Å²) in [5, 5.41) is 3.24. The number of terminal acetylenes is 1. The summed E-state index contributed by atoms with van der Waals surface area (Å²) in [6.45, 7) is 4.84. The van der Waals surface area contributed by atoms with E-state index in [4.69, 9.17) is 18.0 Å². The van der Waals surface area contributed by atoms with Crippen LogP contribution in [0.5, 0.6) is 0 Å². The molecule has 0 saturated heterocycles. The van der Waals surface area contributed by atoms with E-state index in [1.54, 1.807) is 5.54 Å². The van der Waals surface area contributed by atoms with Crippen molar-refractivity contribution in [2.24, 2.45) is 0 Å². The topological polar surface area (TPSA) is 12.0 Å². The summed E-state index contributed by atoms with van der Waals surface area (Å²) in [7, 11) is 0. The average Bonchev–Trinajstić information content (AvgIpc) is 2.01. The molecule has 1 nitrogen and oxygen atoms in total. The minimum Gasteiger partial charge on any atom is -0.310 e. The maximum Gasteiger partial charge on any atom is 0.0238 e. The smallest absolute Gasteiger partial charge is 0.0238 e. The monoisotopic (exact) mass is 171 g/mol. The van der Waals surface area contributed by atoms with Crippen molar-refractivity contribution in [3.63, 3.8) is 0 Å². The van der Waals surface area contributed by atoms with Gasteiger partial charge in [-0.05, 0) is 19.4 Å². The van der Waals surface area contributed by atoms with Gasteiger partial charge in [0.05, 0.1) is 0 Å². The molecular formula is C9H14ClN. The standard InChI is InChI=1S/C9H14ClN/c1-4-5-9(3)11-7-8(2)6-10/h1,6,9,11H,5,7H2,2-3H3. The van der Waals surface area contributed by atoms with Gasteiger partial charge in [0.15, 0.2) is 0 Å². The van der Waals surface area contributed by atoms with E-state index in [2.05, 4.69) is 18.2 Å². The van der Waals surface area contributed by atoms with E-state index >= 15 is 0 Å². The van der Waals surface area contributed by atoms with Gasteiger partial charge < -0.3 is 5.32 Å². The van der Waals surface area contributed by atoms with Crippen molar-refractivity contribution < 1.29 is 0 Å². The Hall–Kier alpha value is -0.450. The molecule has 0 aromatic carbocycles. The summed E-state index contributed by atoms with van der Waals surface area (Å²) < 4.78 is 0. The van der Waals surface area contributed by atoms with Crippen LogP contribution in [0.1, 0.15) is 20.3 Å². The molecule has 0 aliphatic rings. The Morgan fingerprint density at radius 1 is 1.82 bits per heavy atom. The summed E-state index contributed by atoms with van der Waals surface area (Å²) in [4.78, 5) is 0. The highest BCUT2D eigenvalue weighted by atomic mass is 35.5. The lowest BCUT2D eigenvalue weighted by Gasteiger charge is -2.09. The van der Waals surface area contributed by atoms with Crippen LogP contribution < -0.4 is 5.32 Å². The molecule has 1 unspecified atom stereocenters. The van der Waals surface area contributed by atoms with E-state index in [0.29, 0.717) is 6.04 Å². The summed E-state index contributed by atoms with van der Waals surface area (Å²) >= 11 is 5.47. The van der Waals surface area contributed by atoms with Gasteiger partial charge in [0, 0.05) is 24.5 Å². The first kappa shape index (κ1) is 10.6. The van der Waals surface area contributed by atoms with Crippen LogP contribution in [0.3, 0.4) is 0 Å². The predicted octanol–water partition coefficient (Wildman–Crippen LogP) is 2.13. The van der Waals surface area contributed by atoms with Gasteiger partial charge in [-0.3, -0.25) is 0 Å². The van der Waals surface area contributed by atoms with Gasteiger partial charge in [-0.2, -0.15) is 0 Å². The van der Waals surface area contributed by atoms with Gasteiger partial charge in [-0.1, -0.05) is 11.6 Å². The zero-order chi connectivity index (χ0) is 8.69. The van der Waals surface area contributed by atoms with E-state index in [9.17, 15) is 0 Å². The van der Waals surface area contributed by atoms with Crippen molar-refractivity contribution in [1.82, 2.24) is 5.32 Å². The second kappa shape index (κ2) is 6.27. The molecule has 0 radical (unpaired) electrons. The molecule has 0 fully saturated rings. The predicted molar refractivity (Wildman–Crippen MR) is 50.5 cm³/mol. The molecule has 0 aliphatic carbocycles. The first-order valence-corrected chi connectivity index (χ1v) is 4.07. The zero-order valence-electron chi connectivity index (χ0n) is 7.02. The zero-order valence-corrected chi connectivity index (χ0v) is 7.78. The molecule has 62 valence electrons.